The first-order valence-electron chi connectivity index (χ1n) is 9.28. The number of hydrogen-bond donors (Lipinski definition) is 0. The van der Waals surface area contributed by atoms with Gasteiger partial charge in [0.1, 0.15) is 6.29 Å². The molecular weight excluding hydrogens is 244 g/mol. The molecule has 0 saturated heterocycles. The van der Waals surface area contributed by atoms with E-state index in [1.54, 1.807) is 0 Å². The maximum absolute atomic E-state index is 11.1. The Morgan fingerprint density at radius 3 is 2.45 bits per heavy atom. The van der Waals surface area contributed by atoms with Gasteiger partial charge in [0.05, 0.1) is 0 Å². The van der Waals surface area contributed by atoms with Gasteiger partial charge < -0.3 is 4.79 Å². The number of rotatable bonds is 7. The molecule has 2 aliphatic carbocycles. The molecule has 0 aliphatic heterocycles. The van der Waals surface area contributed by atoms with Crippen molar-refractivity contribution in [3.63, 3.8) is 0 Å². The van der Waals surface area contributed by atoms with Gasteiger partial charge in [-0.3, -0.25) is 0 Å². The molecule has 2 saturated carbocycles. The van der Waals surface area contributed by atoms with Crippen molar-refractivity contribution in [2.75, 3.05) is 0 Å². The number of carbonyl (C=O) groups excluding carboxylic acids is 1. The van der Waals surface area contributed by atoms with Crippen molar-refractivity contribution in [2.45, 2.75) is 90.4 Å². The Hall–Kier alpha value is -0.330. The summed E-state index contributed by atoms with van der Waals surface area (Å²) in [7, 11) is 0. The van der Waals surface area contributed by atoms with Crippen LogP contribution in [0.1, 0.15) is 90.4 Å². The molecule has 20 heavy (non-hydrogen) atoms. The van der Waals surface area contributed by atoms with Crippen molar-refractivity contribution < 1.29 is 4.79 Å². The fourth-order valence-electron chi connectivity index (χ4n) is 4.65. The van der Waals surface area contributed by atoms with Crippen LogP contribution in [0.2, 0.25) is 0 Å². The minimum Gasteiger partial charge on any atom is -0.303 e. The first-order chi connectivity index (χ1) is 9.83. The smallest absolute Gasteiger partial charge is 0.123 e. The van der Waals surface area contributed by atoms with Gasteiger partial charge in [0.25, 0.3) is 0 Å². The summed E-state index contributed by atoms with van der Waals surface area (Å²) in [6.45, 7) is 2.36. The van der Waals surface area contributed by atoms with E-state index >= 15 is 0 Å². The molecule has 0 N–H and O–H groups in total. The topological polar surface area (TPSA) is 17.1 Å². The van der Waals surface area contributed by atoms with Crippen molar-refractivity contribution in [3.8, 4) is 0 Å². The molecule has 0 amide bonds. The maximum atomic E-state index is 11.1. The summed E-state index contributed by atoms with van der Waals surface area (Å²) >= 11 is 0. The first-order valence-corrected chi connectivity index (χ1v) is 9.28. The zero-order valence-electron chi connectivity index (χ0n) is 13.5. The van der Waals surface area contributed by atoms with Crippen LogP contribution in [0.25, 0.3) is 0 Å². The van der Waals surface area contributed by atoms with Crippen molar-refractivity contribution in [1.29, 1.82) is 0 Å². The highest BCUT2D eigenvalue weighted by Crippen LogP contribution is 2.35. The van der Waals surface area contributed by atoms with Crippen molar-refractivity contribution >= 4 is 6.29 Å². The predicted molar refractivity (Wildman–Crippen MR) is 85.7 cm³/mol. The number of aldehydes is 1. The van der Waals surface area contributed by atoms with Crippen LogP contribution in [0.15, 0.2) is 0 Å². The molecule has 4 atom stereocenters. The van der Waals surface area contributed by atoms with Crippen molar-refractivity contribution in [1.82, 2.24) is 0 Å². The van der Waals surface area contributed by atoms with Crippen molar-refractivity contribution in [3.05, 3.63) is 0 Å². The van der Waals surface area contributed by atoms with E-state index in [9.17, 15) is 4.79 Å². The molecule has 4 unspecified atom stereocenters. The lowest BCUT2D eigenvalue weighted by Gasteiger charge is -2.29. The Morgan fingerprint density at radius 1 is 0.900 bits per heavy atom. The molecule has 0 heterocycles. The second-order valence-electron chi connectivity index (χ2n) is 7.44. The molecule has 0 spiro atoms. The van der Waals surface area contributed by atoms with Gasteiger partial charge in [-0.1, -0.05) is 64.7 Å². The van der Waals surface area contributed by atoms with Gasteiger partial charge in [0.2, 0.25) is 0 Å². The molecule has 2 fully saturated rings. The van der Waals surface area contributed by atoms with Crippen LogP contribution in [0, 0.1) is 23.7 Å². The highest BCUT2D eigenvalue weighted by atomic mass is 16.1. The third-order valence-electron chi connectivity index (χ3n) is 6.05. The molecular formula is C19H34O. The molecule has 1 nitrogen and oxygen atoms in total. The number of unbranched alkanes of at least 4 members (excludes halogenated alkanes) is 1. The van der Waals surface area contributed by atoms with Gasteiger partial charge >= 0.3 is 0 Å². The number of hydrogen-bond acceptors (Lipinski definition) is 1. The van der Waals surface area contributed by atoms with Gasteiger partial charge in [-0.25, -0.2) is 0 Å². The van der Waals surface area contributed by atoms with E-state index in [-0.39, 0.29) is 0 Å². The average Bonchev–Trinajstić information content (AvgIpc) is 2.52. The average molecular weight is 278 g/mol. The second-order valence-corrected chi connectivity index (χ2v) is 7.44. The van der Waals surface area contributed by atoms with Crippen LogP contribution < -0.4 is 0 Å². The molecule has 0 aromatic heterocycles. The van der Waals surface area contributed by atoms with Crippen molar-refractivity contribution in [2.24, 2.45) is 23.7 Å². The van der Waals surface area contributed by atoms with Gasteiger partial charge in [0, 0.05) is 5.92 Å². The van der Waals surface area contributed by atoms with E-state index < -0.39 is 0 Å². The highest BCUT2D eigenvalue weighted by Gasteiger charge is 2.24. The third kappa shape index (κ3) is 4.90. The maximum Gasteiger partial charge on any atom is 0.123 e. The first kappa shape index (κ1) is 16.0. The molecule has 1 heteroatoms. The largest absolute Gasteiger partial charge is 0.303 e. The van der Waals surface area contributed by atoms with Gasteiger partial charge in [-0.05, 0) is 43.4 Å². The Morgan fingerprint density at radius 2 is 1.65 bits per heavy atom. The lowest BCUT2D eigenvalue weighted by Crippen LogP contribution is -2.20. The molecule has 0 aromatic carbocycles. The summed E-state index contributed by atoms with van der Waals surface area (Å²) in [4.78, 5) is 11.1. The Balaban J connectivity index is 1.59. The van der Waals surface area contributed by atoms with Gasteiger partial charge in [0.15, 0.2) is 0 Å². The van der Waals surface area contributed by atoms with E-state index in [0.717, 1.165) is 24.2 Å². The molecule has 0 radical (unpaired) electrons. The van der Waals surface area contributed by atoms with Crippen LogP contribution in [-0.2, 0) is 4.79 Å². The minimum atomic E-state index is 0.392. The van der Waals surface area contributed by atoms with Gasteiger partial charge in [-0.15, -0.1) is 0 Å². The SMILES string of the molecule is CCC1CCCC(CCCCC2CCCCC2C=O)C1. The van der Waals surface area contributed by atoms with Crippen LogP contribution in [0.3, 0.4) is 0 Å². The van der Waals surface area contributed by atoms with E-state index in [4.69, 9.17) is 0 Å². The predicted octanol–water partition coefficient (Wildman–Crippen LogP) is 5.77. The highest BCUT2D eigenvalue weighted by molar-refractivity contribution is 5.54. The van der Waals surface area contributed by atoms with E-state index in [0.29, 0.717) is 5.92 Å². The second kappa shape index (κ2) is 8.85. The molecule has 2 rings (SSSR count). The monoisotopic (exact) mass is 278 g/mol. The molecule has 2 aliphatic rings. The minimum absolute atomic E-state index is 0.392. The summed E-state index contributed by atoms with van der Waals surface area (Å²) in [5.41, 5.74) is 0. The summed E-state index contributed by atoms with van der Waals surface area (Å²) in [5.74, 6) is 3.15. The summed E-state index contributed by atoms with van der Waals surface area (Å²) in [6.07, 6.45) is 19.2. The van der Waals surface area contributed by atoms with Crippen LogP contribution in [0.4, 0.5) is 0 Å². The molecule has 116 valence electrons. The van der Waals surface area contributed by atoms with E-state index in [1.807, 2.05) is 0 Å². The molecule has 0 aromatic rings. The van der Waals surface area contributed by atoms with Crippen LogP contribution in [0.5, 0.6) is 0 Å². The lowest BCUT2D eigenvalue weighted by atomic mass is 9.76. The number of carbonyl (C=O) groups is 1. The fourth-order valence-corrected chi connectivity index (χ4v) is 4.65. The van der Waals surface area contributed by atoms with E-state index in [1.165, 1.54) is 83.3 Å². The summed E-state index contributed by atoms with van der Waals surface area (Å²) < 4.78 is 0. The van der Waals surface area contributed by atoms with Gasteiger partial charge in [-0.2, -0.15) is 0 Å². The fraction of sp³-hybridized carbons (Fsp3) is 0.947. The van der Waals surface area contributed by atoms with E-state index in [2.05, 4.69) is 6.92 Å². The zero-order valence-corrected chi connectivity index (χ0v) is 13.5. The summed E-state index contributed by atoms with van der Waals surface area (Å²) in [5, 5.41) is 0. The zero-order chi connectivity index (χ0) is 14.2. The Labute approximate surface area is 125 Å². The summed E-state index contributed by atoms with van der Waals surface area (Å²) in [6, 6.07) is 0. The molecule has 0 bridgehead atoms. The Kier molecular flexibility index (Phi) is 7.10. The normalized spacial score (nSPS) is 34.9. The Bertz CT molecular complexity index is 273. The quantitative estimate of drug-likeness (QED) is 0.427. The van der Waals surface area contributed by atoms with Crippen LogP contribution in [-0.4, -0.2) is 6.29 Å². The van der Waals surface area contributed by atoms with Crippen LogP contribution >= 0.6 is 0 Å². The standard InChI is InChI=1S/C19H34O/c1-2-16-9-7-10-17(14-16)8-3-4-11-18-12-5-6-13-19(18)15-20/h15-19H,2-14H2,1H3. The third-order valence-corrected chi connectivity index (χ3v) is 6.05. The lowest BCUT2D eigenvalue weighted by molar-refractivity contribution is -0.113.